The minimum Gasteiger partial charge on any atom is -0.394 e. The van der Waals surface area contributed by atoms with Crippen molar-refractivity contribution >= 4 is 0 Å². The number of aliphatic hydroxyl groups is 3. The van der Waals surface area contributed by atoms with Crippen LogP contribution in [0.4, 0.5) is 0 Å². The van der Waals surface area contributed by atoms with Gasteiger partial charge in [0.05, 0.1) is 13.2 Å². The van der Waals surface area contributed by atoms with Crippen LogP contribution in [-0.2, 0) is 19.5 Å². The Kier molecular flexibility index (Phi) is 9.73. The normalized spacial score (nSPS) is 8.57. The van der Waals surface area contributed by atoms with Gasteiger partial charge in [0.25, 0.3) is 0 Å². The summed E-state index contributed by atoms with van der Waals surface area (Å²) < 4.78 is 0. The smallest absolute Gasteiger partial charge is 0.100 e. The van der Waals surface area contributed by atoms with Crippen molar-refractivity contribution in [1.29, 1.82) is 0 Å². The van der Waals surface area contributed by atoms with Crippen molar-refractivity contribution in [2.24, 2.45) is 0 Å². The molecule has 0 fully saturated rings. The summed E-state index contributed by atoms with van der Waals surface area (Å²) in [6, 6.07) is 0. The van der Waals surface area contributed by atoms with Crippen LogP contribution in [0.3, 0.4) is 0 Å². The third-order valence-corrected chi connectivity index (χ3v) is 0.421. The Morgan fingerprint density at radius 2 is 1.43 bits per heavy atom. The molecule has 3 N–H and O–H groups in total. The van der Waals surface area contributed by atoms with E-state index in [2.05, 4.69) is 0 Å². The topological polar surface area (TPSA) is 60.7 Å². The third-order valence-electron chi connectivity index (χ3n) is 0.421. The first-order valence-electron chi connectivity index (χ1n) is 1.71. The van der Waals surface area contributed by atoms with Crippen LogP contribution in [0.15, 0.2) is 0 Å². The molecule has 3 nitrogen and oxygen atoms in total. The molecule has 0 spiro atoms. The second-order valence-electron chi connectivity index (χ2n) is 1.02. The van der Waals surface area contributed by atoms with Crippen molar-refractivity contribution in [1.82, 2.24) is 0 Å². The molecule has 0 aliphatic rings. The fraction of sp³-hybridized carbons (Fsp3) is 1.00. The molecule has 0 aromatic carbocycles. The van der Waals surface area contributed by atoms with Crippen LogP contribution >= 0.6 is 0 Å². The van der Waals surface area contributed by atoms with Crippen molar-refractivity contribution in [3.05, 3.63) is 0 Å². The number of aliphatic hydroxyl groups excluding tert-OH is 3. The third kappa shape index (κ3) is 6.50. The molecule has 0 unspecified atom stereocenters. The Balaban J connectivity index is 0. The van der Waals surface area contributed by atoms with E-state index in [0.717, 1.165) is 0 Å². The summed E-state index contributed by atoms with van der Waals surface area (Å²) in [5.74, 6) is 0. The molecule has 0 amide bonds. The second-order valence-corrected chi connectivity index (χ2v) is 1.02. The van der Waals surface area contributed by atoms with Gasteiger partial charge in [-0.15, -0.1) is 0 Å². The Labute approximate surface area is 54.7 Å². The molecule has 0 bridgehead atoms. The standard InChI is InChI=1S/C3H8O3.Ru/c4-1-3(6)2-5;/h3-6H,1-2H2;. The summed E-state index contributed by atoms with van der Waals surface area (Å²) in [4.78, 5) is 0. The van der Waals surface area contributed by atoms with E-state index in [1.165, 1.54) is 0 Å². The van der Waals surface area contributed by atoms with Crippen molar-refractivity contribution in [2.45, 2.75) is 6.10 Å². The molecule has 0 aromatic rings. The fourth-order valence-electron chi connectivity index (χ4n) is 0.0577. The largest absolute Gasteiger partial charge is 0.394 e. The Morgan fingerprint density at radius 3 is 1.43 bits per heavy atom. The van der Waals surface area contributed by atoms with Crippen molar-refractivity contribution < 1.29 is 34.8 Å². The van der Waals surface area contributed by atoms with Gasteiger partial charge in [-0.3, -0.25) is 0 Å². The van der Waals surface area contributed by atoms with Gasteiger partial charge in [0.2, 0.25) is 0 Å². The maximum atomic E-state index is 8.17. The van der Waals surface area contributed by atoms with E-state index in [0.29, 0.717) is 0 Å². The summed E-state index contributed by atoms with van der Waals surface area (Å²) >= 11 is 0. The van der Waals surface area contributed by atoms with Crippen LogP contribution < -0.4 is 0 Å². The van der Waals surface area contributed by atoms with Gasteiger partial charge in [0.15, 0.2) is 0 Å². The van der Waals surface area contributed by atoms with E-state index in [4.69, 9.17) is 15.3 Å². The van der Waals surface area contributed by atoms with E-state index in [1.807, 2.05) is 0 Å². The summed E-state index contributed by atoms with van der Waals surface area (Å²) in [7, 11) is 0. The number of rotatable bonds is 2. The minimum atomic E-state index is -0.954. The molecular formula is C3H8O3Ru. The van der Waals surface area contributed by atoms with Gasteiger partial charge in [0, 0.05) is 19.5 Å². The van der Waals surface area contributed by atoms with Crippen LogP contribution in [0.1, 0.15) is 0 Å². The van der Waals surface area contributed by atoms with Gasteiger partial charge < -0.3 is 15.3 Å². The van der Waals surface area contributed by atoms with E-state index in [1.54, 1.807) is 0 Å². The molecule has 0 atom stereocenters. The van der Waals surface area contributed by atoms with E-state index in [-0.39, 0.29) is 32.7 Å². The van der Waals surface area contributed by atoms with Crippen molar-refractivity contribution in [2.75, 3.05) is 13.2 Å². The molecule has 0 rings (SSSR count). The van der Waals surface area contributed by atoms with E-state index >= 15 is 0 Å². The first-order valence-corrected chi connectivity index (χ1v) is 1.71. The average Bonchev–Trinajstić information content (AvgIpc) is 1.65. The van der Waals surface area contributed by atoms with Gasteiger partial charge in [-0.25, -0.2) is 0 Å². The Bertz CT molecular complexity index is 29.4. The predicted molar refractivity (Wildman–Crippen MR) is 20.2 cm³/mol. The zero-order chi connectivity index (χ0) is 4.99. The zero-order valence-corrected chi connectivity index (χ0v) is 5.42. The molecule has 0 radical (unpaired) electrons. The number of hydrogen-bond donors (Lipinski definition) is 3. The first-order chi connectivity index (χ1) is 2.81. The SMILES string of the molecule is OCC(O)CO.[Ru]. The molecule has 0 aliphatic carbocycles. The quantitative estimate of drug-likeness (QED) is 0.459. The molecule has 46 valence electrons. The molecule has 0 aliphatic heterocycles. The van der Waals surface area contributed by atoms with E-state index < -0.39 is 6.10 Å². The van der Waals surface area contributed by atoms with Crippen LogP contribution in [0.25, 0.3) is 0 Å². The van der Waals surface area contributed by atoms with Crippen molar-refractivity contribution in [3.8, 4) is 0 Å². The van der Waals surface area contributed by atoms with Crippen LogP contribution in [-0.4, -0.2) is 34.6 Å². The molecule has 0 aromatic heterocycles. The predicted octanol–water partition coefficient (Wildman–Crippen LogP) is -1.67. The zero-order valence-electron chi connectivity index (χ0n) is 3.69. The summed E-state index contributed by atoms with van der Waals surface area (Å²) in [6.45, 7) is -0.729. The van der Waals surface area contributed by atoms with Crippen LogP contribution in [0, 0.1) is 0 Å². The first kappa shape index (κ1) is 10.5. The van der Waals surface area contributed by atoms with Crippen LogP contribution in [0.2, 0.25) is 0 Å². The van der Waals surface area contributed by atoms with E-state index in [9.17, 15) is 0 Å². The van der Waals surface area contributed by atoms with Gasteiger partial charge >= 0.3 is 0 Å². The van der Waals surface area contributed by atoms with Gasteiger partial charge in [0.1, 0.15) is 6.10 Å². The summed E-state index contributed by atoms with van der Waals surface area (Å²) in [5.41, 5.74) is 0. The van der Waals surface area contributed by atoms with Crippen molar-refractivity contribution in [3.63, 3.8) is 0 Å². The molecule has 0 heterocycles. The number of hydrogen-bond acceptors (Lipinski definition) is 3. The van der Waals surface area contributed by atoms with Crippen LogP contribution in [0.5, 0.6) is 0 Å². The minimum absolute atomic E-state index is 0. The molecule has 7 heavy (non-hydrogen) atoms. The van der Waals surface area contributed by atoms with Gasteiger partial charge in [-0.1, -0.05) is 0 Å². The fourth-order valence-corrected chi connectivity index (χ4v) is 0.0577. The van der Waals surface area contributed by atoms with Gasteiger partial charge in [-0.2, -0.15) is 0 Å². The Morgan fingerprint density at radius 1 is 1.14 bits per heavy atom. The second kappa shape index (κ2) is 6.50. The van der Waals surface area contributed by atoms with Gasteiger partial charge in [-0.05, 0) is 0 Å². The average molecular weight is 193 g/mol. The molecule has 0 saturated carbocycles. The Hall–Kier alpha value is 0.503. The monoisotopic (exact) mass is 194 g/mol. The molecule has 4 heteroatoms. The maximum absolute atomic E-state index is 8.17. The molecule has 0 saturated heterocycles. The summed E-state index contributed by atoms with van der Waals surface area (Å²) in [5, 5.41) is 24.0. The maximum Gasteiger partial charge on any atom is 0.100 e. The summed E-state index contributed by atoms with van der Waals surface area (Å²) in [6.07, 6.45) is -0.954. The molecular weight excluding hydrogens is 185 g/mol.